The fraction of sp³-hybridized carbons (Fsp3) is 0.500. The molecule has 0 aromatic heterocycles. The molecule has 20 heavy (non-hydrogen) atoms. The second-order valence-electron chi connectivity index (χ2n) is 4.93. The highest BCUT2D eigenvalue weighted by Crippen LogP contribution is 2.23. The van der Waals surface area contributed by atoms with Gasteiger partial charge in [-0.05, 0) is 38.0 Å². The molecule has 1 fully saturated rings. The number of hydrogen-bond acceptors (Lipinski definition) is 4. The Kier molecular flexibility index (Phi) is 5.00. The third-order valence-electron chi connectivity index (χ3n) is 3.40. The fourth-order valence-corrected chi connectivity index (χ4v) is 3.54. The van der Waals surface area contributed by atoms with Crippen LogP contribution in [0.2, 0.25) is 0 Å². The van der Waals surface area contributed by atoms with Gasteiger partial charge in [-0.1, -0.05) is 0 Å². The molecule has 1 heterocycles. The van der Waals surface area contributed by atoms with E-state index in [-0.39, 0.29) is 11.9 Å². The number of hydrogen-bond donors (Lipinski definition) is 3. The molecule has 1 saturated heterocycles. The highest BCUT2D eigenvalue weighted by molar-refractivity contribution is 7.85. The predicted molar refractivity (Wildman–Crippen MR) is 83.4 cm³/mol. The molecule has 5 nitrogen and oxygen atoms in total. The van der Waals surface area contributed by atoms with Gasteiger partial charge in [0.1, 0.15) is 0 Å². The molecule has 0 aliphatic carbocycles. The van der Waals surface area contributed by atoms with Crippen LogP contribution in [0.5, 0.6) is 0 Å². The second-order valence-corrected chi connectivity index (χ2v) is 6.62. The summed E-state index contributed by atoms with van der Waals surface area (Å²) in [4.78, 5) is 11.8. The molecule has 1 aliphatic heterocycles. The summed E-state index contributed by atoms with van der Waals surface area (Å²) in [6.45, 7) is 2.48. The number of carbonyl (C=O) groups is 1. The lowest BCUT2D eigenvalue weighted by molar-refractivity contribution is 0.0956. The minimum atomic E-state index is -0.674. The van der Waals surface area contributed by atoms with Gasteiger partial charge in [-0.15, -0.1) is 0 Å². The Morgan fingerprint density at radius 3 is 2.75 bits per heavy atom. The molecule has 0 unspecified atom stereocenters. The number of nitrogens with two attached hydrogens (primary N) is 1. The normalized spacial score (nSPS) is 22.2. The maximum atomic E-state index is 11.8. The van der Waals surface area contributed by atoms with Crippen LogP contribution < -0.4 is 16.4 Å². The summed E-state index contributed by atoms with van der Waals surface area (Å²) in [5.41, 5.74) is 7.97. The zero-order chi connectivity index (χ0) is 14.5. The molecule has 1 aromatic rings. The lowest BCUT2D eigenvalue weighted by Crippen LogP contribution is -2.30. The monoisotopic (exact) mass is 295 g/mol. The smallest absolute Gasteiger partial charge is 0.251 e. The van der Waals surface area contributed by atoms with E-state index in [1.807, 2.05) is 6.92 Å². The highest BCUT2D eigenvalue weighted by Gasteiger charge is 2.18. The van der Waals surface area contributed by atoms with Crippen LogP contribution in [0, 0.1) is 0 Å². The van der Waals surface area contributed by atoms with Crippen LogP contribution in [-0.4, -0.2) is 34.2 Å². The van der Waals surface area contributed by atoms with E-state index in [1.165, 1.54) is 0 Å². The van der Waals surface area contributed by atoms with Crippen LogP contribution >= 0.6 is 0 Å². The predicted octanol–water partition coefficient (Wildman–Crippen LogP) is 1.34. The first kappa shape index (κ1) is 14.8. The van der Waals surface area contributed by atoms with Crippen LogP contribution in [0.4, 0.5) is 11.4 Å². The van der Waals surface area contributed by atoms with Crippen molar-refractivity contribution in [1.29, 1.82) is 0 Å². The van der Waals surface area contributed by atoms with Gasteiger partial charge in [0.25, 0.3) is 5.91 Å². The molecule has 1 aliphatic rings. The lowest BCUT2D eigenvalue weighted by atomic mass is 10.1. The summed E-state index contributed by atoms with van der Waals surface area (Å²) >= 11 is 0. The molecule has 6 heteroatoms. The third kappa shape index (κ3) is 3.72. The van der Waals surface area contributed by atoms with Crippen molar-refractivity contribution in [1.82, 2.24) is 5.32 Å². The summed E-state index contributed by atoms with van der Waals surface area (Å²) < 4.78 is 11.3. The van der Waals surface area contributed by atoms with E-state index in [0.29, 0.717) is 17.8 Å². The lowest BCUT2D eigenvalue weighted by Gasteiger charge is -2.24. The minimum Gasteiger partial charge on any atom is -0.397 e. The summed E-state index contributed by atoms with van der Waals surface area (Å²) in [5.74, 6) is 1.36. The van der Waals surface area contributed by atoms with E-state index in [4.69, 9.17) is 5.73 Å². The summed E-state index contributed by atoms with van der Waals surface area (Å²) in [6.07, 6.45) is 1.74. The molecule has 1 aromatic carbocycles. The van der Waals surface area contributed by atoms with Crippen LogP contribution in [0.15, 0.2) is 18.2 Å². The topological polar surface area (TPSA) is 84.2 Å². The van der Waals surface area contributed by atoms with Gasteiger partial charge >= 0.3 is 0 Å². The van der Waals surface area contributed by atoms with Crippen LogP contribution in [-0.2, 0) is 10.8 Å². The van der Waals surface area contributed by atoms with Crippen molar-refractivity contribution in [2.45, 2.75) is 25.8 Å². The molecular formula is C14H21N3O2S. The largest absolute Gasteiger partial charge is 0.397 e. The van der Waals surface area contributed by atoms with Gasteiger partial charge in [-0.2, -0.15) is 0 Å². The Bertz CT molecular complexity index is 509. The van der Waals surface area contributed by atoms with Crippen LogP contribution in [0.1, 0.15) is 30.1 Å². The average Bonchev–Trinajstić information content (AvgIpc) is 2.44. The van der Waals surface area contributed by atoms with E-state index >= 15 is 0 Å². The van der Waals surface area contributed by atoms with Crippen LogP contribution in [0.3, 0.4) is 0 Å². The van der Waals surface area contributed by atoms with Gasteiger partial charge in [-0.25, -0.2) is 0 Å². The molecule has 0 radical (unpaired) electrons. The van der Waals surface area contributed by atoms with Crippen molar-refractivity contribution < 1.29 is 9.00 Å². The van der Waals surface area contributed by atoms with Gasteiger partial charge < -0.3 is 16.4 Å². The molecule has 1 amide bonds. The average molecular weight is 295 g/mol. The molecule has 0 bridgehead atoms. The first-order valence-electron chi connectivity index (χ1n) is 6.89. The van der Waals surface area contributed by atoms with E-state index in [1.54, 1.807) is 18.2 Å². The molecule has 110 valence electrons. The molecule has 0 spiro atoms. The standard InChI is InChI=1S/C14H21N3O2S/c1-2-16-14(18)10-3-4-12(15)13(9-10)17-11-5-7-20(19)8-6-11/h3-4,9,11,17H,2,5-8,15H2,1H3,(H,16,18). The number of nitrogen functional groups attached to an aromatic ring is 1. The number of anilines is 2. The molecular weight excluding hydrogens is 274 g/mol. The fourth-order valence-electron chi connectivity index (χ4n) is 2.24. The molecule has 0 atom stereocenters. The maximum absolute atomic E-state index is 11.8. The molecule has 2 rings (SSSR count). The number of amides is 1. The summed E-state index contributed by atoms with van der Waals surface area (Å²) in [7, 11) is -0.674. The third-order valence-corrected chi connectivity index (χ3v) is 4.78. The van der Waals surface area contributed by atoms with Crippen LogP contribution in [0.25, 0.3) is 0 Å². The quantitative estimate of drug-likeness (QED) is 0.732. The van der Waals surface area contributed by atoms with Crippen molar-refractivity contribution in [3.05, 3.63) is 23.8 Å². The molecule has 4 N–H and O–H groups in total. The highest BCUT2D eigenvalue weighted by atomic mass is 32.2. The van der Waals surface area contributed by atoms with E-state index in [2.05, 4.69) is 10.6 Å². The van der Waals surface area contributed by atoms with E-state index < -0.39 is 10.8 Å². The van der Waals surface area contributed by atoms with Crippen molar-refractivity contribution in [3.63, 3.8) is 0 Å². The Labute approximate surface area is 121 Å². The van der Waals surface area contributed by atoms with Crippen molar-refractivity contribution in [2.24, 2.45) is 0 Å². The molecule has 0 saturated carbocycles. The Morgan fingerprint density at radius 1 is 1.40 bits per heavy atom. The second kappa shape index (κ2) is 6.74. The number of carbonyl (C=O) groups excluding carboxylic acids is 1. The van der Waals surface area contributed by atoms with Gasteiger partial charge in [0.05, 0.1) is 11.4 Å². The zero-order valence-corrected chi connectivity index (χ0v) is 12.5. The van der Waals surface area contributed by atoms with Gasteiger partial charge in [0, 0.05) is 40.5 Å². The Morgan fingerprint density at radius 2 is 2.10 bits per heavy atom. The zero-order valence-electron chi connectivity index (χ0n) is 11.6. The SMILES string of the molecule is CCNC(=O)c1ccc(N)c(NC2CCS(=O)CC2)c1. The number of nitrogens with one attached hydrogen (secondary N) is 2. The van der Waals surface area contributed by atoms with E-state index in [0.717, 1.165) is 30.0 Å². The first-order valence-corrected chi connectivity index (χ1v) is 8.38. The summed E-state index contributed by atoms with van der Waals surface area (Å²) in [6, 6.07) is 5.53. The van der Waals surface area contributed by atoms with Crippen molar-refractivity contribution >= 4 is 28.1 Å². The Hall–Kier alpha value is -1.56. The van der Waals surface area contributed by atoms with Gasteiger partial charge in [-0.3, -0.25) is 9.00 Å². The van der Waals surface area contributed by atoms with Gasteiger partial charge in [0.2, 0.25) is 0 Å². The first-order chi connectivity index (χ1) is 9.60. The Balaban J connectivity index is 2.08. The van der Waals surface area contributed by atoms with Gasteiger partial charge in [0.15, 0.2) is 0 Å². The van der Waals surface area contributed by atoms with E-state index in [9.17, 15) is 9.00 Å². The minimum absolute atomic E-state index is 0.0969. The van der Waals surface area contributed by atoms with Crippen molar-refractivity contribution in [3.8, 4) is 0 Å². The number of rotatable bonds is 4. The number of benzene rings is 1. The van der Waals surface area contributed by atoms with Crippen molar-refractivity contribution in [2.75, 3.05) is 29.1 Å². The maximum Gasteiger partial charge on any atom is 0.251 e. The summed E-state index contributed by atoms with van der Waals surface area (Å²) in [5, 5.41) is 6.14.